The van der Waals surface area contributed by atoms with E-state index in [1.807, 2.05) is 13.8 Å². The molecule has 1 aliphatic carbocycles. The van der Waals surface area contributed by atoms with Gasteiger partial charge in [-0.25, -0.2) is 0 Å². The van der Waals surface area contributed by atoms with Crippen LogP contribution >= 0.6 is 12.4 Å². The molecular weight excluding hydrogens is 284 g/mol. The molecule has 0 bridgehead atoms. The van der Waals surface area contributed by atoms with Crippen LogP contribution in [0.3, 0.4) is 0 Å². The topological polar surface area (TPSA) is 98.8 Å². The maximum Gasteiger partial charge on any atom is 0.138 e. The molecule has 20 heavy (non-hydrogen) atoms. The molecule has 0 spiro atoms. The molecule has 1 unspecified atom stereocenters. The van der Waals surface area contributed by atoms with Gasteiger partial charge in [-0.1, -0.05) is 5.16 Å². The molecule has 7 heteroatoms. The molecule has 1 fully saturated rings. The van der Waals surface area contributed by atoms with E-state index in [2.05, 4.69) is 10.5 Å². The summed E-state index contributed by atoms with van der Waals surface area (Å²) in [4.78, 5) is 0. The molecule has 0 aliphatic heterocycles. The fourth-order valence-corrected chi connectivity index (χ4v) is 2.78. The third kappa shape index (κ3) is 3.51. The van der Waals surface area contributed by atoms with E-state index in [0.29, 0.717) is 25.9 Å². The second-order valence-corrected chi connectivity index (χ2v) is 5.61. The SMILES string of the molecule is Cc1noc(C)c1CNCC1(CO)C[C@@H](O)[C@@H](O)C1.Cl. The van der Waals surface area contributed by atoms with Gasteiger partial charge in [0.05, 0.1) is 24.5 Å². The third-order valence-corrected chi connectivity index (χ3v) is 4.05. The highest BCUT2D eigenvalue weighted by atomic mass is 35.5. The first kappa shape index (κ1) is 17.4. The molecule has 0 amide bonds. The summed E-state index contributed by atoms with van der Waals surface area (Å²) in [7, 11) is 0. The Bertz CT molecular complexity index is 409. The highest BCUT2D eigenvalue weighted by molar-refractivity contribution is 5.85. The molecule has 1 aliphatic rings. The summed E-state index contributed by atoms with van der Waals surface area (Å²) in [6.07, 6.45) is -0.653. The van der Waals surface area contributed by atoms with Crippen molar-refractivity contribution in [3.8, 4) is 0 Å². The number of hydrogen-bond acceptors (Lipinski definition) is 6. The number of aliphatic hydroxyl groups excluding tert-OH is 3. The number of halogens is 1. The maximum atomic E-state index is 9.62. The van der Waals surface area contributed by atoms with E-state index in [1.54, 1.807) is 0 Å². The molecule has 0 radical (unpaired) electrons. The van der Waals surface area contributed by atoms with Crippen LogP contribution in [0, 0.1) is 19.3 Å². The van der Waals surface area contributed by atoms with E-state index >= 15 is 0 Å². The van der Waals surface area contributed by atoms with Gasteiger partial charge < -0.3 is 25.2 Å². The fraction of sp³-hybridized carbons (Fsp3) is 0.769. The van der Waals surface area contributed by atoms with E-state index in [4.69, 9.17) is 4.52 Å². The molecule has 0 aromatic carbocycles. The Labute approximate surface area is 124 Å². The highest BCUT2D eigenvalue weighted by Crippen LogP contribution is 2.37. The first-order valence-electron chi connectivity index (χ1n) is 6.57. The normalized spacial score (nSPS) is 29.4. The van der Waals surface area contributed by atoms with Crippen LogP contribution in [-0.2, 0) is 6.54 Å². The Morgan fingerprint density at radius 2 is 1.90 bits per heavy atom. The lowest BCUT2D eigenvalue weighted by atomic mass is 9.87. The number of rotatable bonds is 5. The third-order valence-electron chi connectivity index (χ3n) is 4.05. The molecule has 3 atom stereocenters. The zero-order valence-electron chi connectivity index (χ0n) is 11.8. The second kappa shape index (κ2) is 6.87. The van der Waals surface area contributed by atoms with Crippen LogP contribution in [0.2, 0.25) is 0 Å². The molecule has 2 rings (SSSR count). The average Bonchev–Trinajstić information content (AvgIpc) is 2.84. The summed E-state index contributed by atoms with van der Waals surface area (Å²) in [5.74, 6) is 0.787. The number of aryl methyl sites for hydroxylation is 2. The van der Waals surface area contributed by atoms with Crippen molar-refractivity contribution in [2.45, 2.75) is 45.4 Å². The number of nitrogens with one attached hydrogen (secondary N) is 1. The van der Waals surface area contributed by atoms with E-state index in [9.17, 15) is 15.3 Å². The molecule has 1 heterocycles. The summed E-state index contributed by atoms with van der Waals surface area (Å²) in [5, 5.41) is 35.9. The van der Waals surface area contributed by atoms with Gasteiger partial charge in [0.25, 0.3) is 0 Å². The summed E-state index contributed by atoms with van der Waals surface area (Å²) in [5.41, 5.74) is 1.43. The predicted molar refractivity (Wildman–Crippen MR) is 75.7 cm³/mol. The van der Waals surface area contributed by atoms with Crippen molar-refractivity contribution < 1.29 is 19.8 Å². The number of nitrogens with zero attached hydrogens (tertiary/aromatic N) is 1. The van der Waals surface area contributed by atoms with Crippen molar-refractivity contribution in [1.82, 2.24) is 10.5 Å². The van der Waals surface area contributed by atoms with Crippen molar-refractivity contribution >= 4 is 12.4 Å². The van der Waals surface area contributed by atoms with Crippen molar-refractivity contribution in [3.05, 3.63) is 17.0 Å². The molecular formula is C13H23ClN2O4. The van der Waals surface area contributed by atoms with Gasteiger partial charge in [0.15, 0.2) is 0 Å². The highest BCUT2D eigenvalue weighted by Gasteiger charge is 2.43. The largest absolute Gasteiger partial charge is 0.396 e. The minimum absolute atomic E-state index is 0. The van der Waals surface area contributed by atoms with Crippen LogP contribution in [0.5, 0.6) is 0 Å². The van der Waals surface area contributed by atoms with Gasteiger partial charge in [0.1, 0.15) is 5.76 Å². The Kier molecular flexibility index (Phi) is 5.97. The lowest BCUT2D eigenvalue weighted by molar-refractivity contribution is 0.0438. The molecule has 1 aromatic heterocycles. The van der Waals surface area contributed by atoms with Crippen molar-refractivity contribution in [3.63, 3.8) is 0 Å². The van der Waals surface area contributed by atoms with Gasteiger partial charge in [-0.2, -0.15) is 0 Å². The van der Waals surface area contributed by atoms with Gasteiger partial charge in [-0.3, -0.25) is 0 Å². The molecule has 1 aromatic rings. The van der Waals surface area contributed by atoms with Crippen molar-refractivity contribution in [2.75, 3.05) is 13.2 Å². The van der Waals surface area contributed by atoms with E-state index in [-0.39, 0.29) is 19.0 Å². The van der Waals surface area contributed by atoms with E-state index < -0.39 is 17.6 Å². The number of hydrogen-bond donors (Lipinski definition) is 4. The van der Waals surface area contributed by atoms with Gasteiger partial charge in [-0.05, 0) is 26.7 Å². The molecule has 0 saturated heterocycles. The van der Waals surface area contributed by atoms with Crippen molar-refractivity contribution in [2.24, 2.45) is 5.41 Å². The van der Waals surface area contributed by atoms with Gasteiger partial charge >= 0.3 is 0 Å². The second-order valence-electron chi connectivity index (χ2n) is 5.61. The number of aromatic nitrogens is 1. The summed E-state index contributed by atoms with van der Waals surface area (Å²) in [6.45, 7) is 4.85. The van der Waals surface area contributed by atoms with Crippen LogP contribution < -0.4 is 5.32 Å². The minimum Gasteiger partial charge on any atom is -0.396 e. The lowest BCUT2D eigenvalue weighted by Crippen LogP contribution is -2.36. The summed E-state index contributed by atoms with van der Waals surface area (Å²) in [6, 6.07) is 0. The first-order chi connectivity index (χ1) is 8.97. The predicted octanol–water partition coefficient (Wildman–Crippen LogP) is 0.297. The molecule has 4 N–H and O–H groups in total. The van der Waals surface area contributed by atoms with E-state index in [0.717, 1.165) is 17.0 Å². The molecule has 6 nitrogen and oxygen atoms in total. The zero-order chi connectivity index (χ0) is 14.0. The standard InChI is InChI=1S/C13H22N2O4.ClH/c1-8-10(9(2)19-15-8)5-14-6-13(7-16)3-11(17)12(18)4-13;/h11-12,14,16-18H,3-7H2,1-2H3;1H/t11-,12+,13?;. The average molecular weight is 307 g/mol. The van der Waals surface area contributed by atoms with Crippen LogP contribution in [0.15, 0.2) is 4.52 Å². The Hall–Kier alpha value is -0.660. The molecule has 116 valence electrons. The Balaban J connectivity index is 0.00000200. The number of aliphatic hydroxyl groups is 3. The first-order valence-corrected chi connectivity index (χ1v) is 6.57. The maximum absolute atomic E-state index is 9.62. The van der Waals surface area contributed by atoms with Crippen LogP contribution in [0.4, 0.5) is 0 Å². The zero-order valence-corrected chi connectivity index (χ0v) is 12.6. The van der Waals surface area contributed by atoms with Gasteiger partial charge in [0.2, 0.25) is 0 Å². The van der Waals surface area contributed by atoms with Crippen LogP contribution in [-0.4, -0.2) is 45.8 Å². The van der Waals surface area contributed by atoms with Gasteiger partial charge in [-0.15, -0.1) is 12.4 Å². The monoisotopic (exact) mass is 306 g/mol. The summed E-state index contributed by atoms with van der Waals surface area (Å²) >= 11 is 0. The van der Waals surface area contributed by atoms with Crippen molar-refractivity contribution in [1.29, 1.82) is 0 Å². The summed E-state index contributed by atoms with van der Waals surface area (Å²) < 4.78 is 5.08. The van der Waals surface area contributed by atoms with E-state index in [1.165, 1.54) is 0 Å². The Morgan fingerprint density at radius 1 is 1.30 bits per heavy atom. The molecule has 1 saturated carbocycles. The van der Waals surface area contributed by atoms with Crippen LogP contribution in [0.1, 0.15) is 29.9 Å². The minimum atomic E-state index is -0.743. The van der Waals surface area contributed by atoms with Gasteiger partial charge in [0, 0.05) is 24.1 Å². The Morgan fingerprint density at radius 3 is 2.35 bits per heavy atom. The smallest absolute Gasteiger partial charge is 0.138 e. The quantitative estimate of drug-likeness (QED) is 0.624. The van der Waals surface area contributed by atoms with Crippen LogP contribution in [0.25, 0.3) is 0 Å². The fourth-order valence-electron chi connectivity index (χ4n) is 2.78. The lowest BCUT2D eigenvalue weighted by Gasteiger charge is -2.26.